The highest BCUT2D eigenvalue weighted by atomic mass is 35.5. The summed E-state index contributed by atoms with van der Waals surface area (Å²) in [4.78, 5) is 24.3. The van der Waals surface area contributed by atoms with E-state index in [-0.39, 0.29) is 24.2 Å². The van der Waals surface area contributed by atoms with Gasteiger partial charge in [-0.3, -0.25) is 4.79 Å². The highest BCUT2D eigenvalue weighted by Crippen LogP contribution is 2.29. The highest BCUT2D eigenvalue weighted by molar-refractivity contribution is 6.31. The standard InChI is InChI=1S/C22H20ClNO4/c1-13(15-5-2-3-8-19(15)23)24-21(25)12-27-14-9-10-17-16-6-4-7-18(16)22(26)28-20(17)11-14/h2-3,5,8-11,13H,4,6-7,12H2,1H3,(H,24,25). The number of amides is 1. The molecule has 6 heteroatoms. The molecule has 1 unspecified atom stereocenters. The van der Waals surface area contributed by atoms with E-state index in [0.717, 1.165) is 41.3 Å². The molecule has 0 fully saturated rings. The molecule has 0 aliphatic heterocycles. The molecule has 0 spiro atoms. The molecule has 4 rings (SSSR count). The van der Waals surface area contributed by atoms with E-state index in [1.807, 2.05) is 31.2 Å². The first-order valence-electron chi connectivity index (χ1n) is 9.28. The zero-order valence-corrected chi connectivity index (χ0v) is 16.2. The van der Waals surface area contributed by atoms with Gasteiger partial charge in [-0.2, -0.15) is 0 Å². The lowest BCUT2D eigenvalue weighted by Gasteiger charge is -2.16. The lowest BCUT2D eigenvalue weighted by Crippen LogP contribution is -2.31. The lowest BCUT2D eigenvalue weighted by atomic mass is 10.1. The predicted molar refractivity (Wildman–Crippen MR) is 108 cm³/mol. The topological polar surface area (TPSA) is 68.5 Å². The smallest absolute Gasteiger partial charge is 0.339 e. The van der Waals surface area contributed by atoms with Gasteiger partial charge in [0.05, 0.1) is 6.04 Å². The molecule has 1 amide bonds. The van der Waals surface area contributed by atoms with Crippen molar-refractivity contribution in [1.29, 1.82) is 0 Å². The van der Waals surface area contributed by atoms with Crippen LogP contribution in [0.15, 0.2) is 51.7 Å². The summed E-state index contributed by atoms with van der Waals surface area (Å²) in [7, 11) is 0. The largest absolute Gasteiger partial charge is 0.484 e. The number of carbonyl (C=O) groups is 1. The van der Waals surface area contributed by atoms with Crippen LogP contribution in [-0.4, -0.2) is 12.5 Å². The van der Waals surface area contributed by atoms with E-state index in [0.29, 0.717) is 16.4 Å². The molecule has 3 aromatic rings. The van der Waals surface area contributed by atoms with E-state index < -0.39 is 0 Å². The summed E-state index contributed by atoms with van der Waals surface area (Å²) in [6.07, 6.45) is 2.64. The predicted octanol–water partition coefficient (Wildman–Crippen LogP) is 4.19. The van der Waals surface area contributed by atoms with E-state index in [2.05, 4.69) is 5.32 Å². The average molecular weight is 398 g/mol. The fourth-order valence-corrected chi connectivity index (χ4v) is 3.99. The van der Waals surface area contributed by atoms with Gasteiger partial charge in [0.1, 0.15) is 11.3 Å². The average Bonchev–Trinajstić information content (AvgIpc) is 3.17. The molecule has 0 radical (unpaired) electrons. The summed E-state index contributed by atoms with van der Waals surface area (Å²) in [6.45, 7) is 1.72. The van der Waals surface area contributed by atoms with Crippen molar-refractivity contribution in [2.75, 3.05) is 6.61 Å². The molecule has 0 saturated carbocycles. The minimum Gasteiger partial charge on any atom is -0.484 e. The van der Waals surface area contributed by atoms with Crippen LogP contribution in [0.1, 0.15) is 36.1 Å². The third-order valence-electron chi connectivity index (χ3n) is 5.06. The van der Waals surface area contributed by atoms with Crippen molar-refractivity contribution in [2.24, 2.45) is 0 Å². The summed E-state index contributed by atoms with van der Waals surface area (Å²) in [5.41, 5.74) is 2.92. The van der Waals surface area contributed by atoms with Crippen molar-refractivity contribution in [3.05, 3.63) is 74.6 Å². The fraction of sp³-hybridized carbons (Fsp3) is 0.273. The van der Waals surface area contributed by atoms with Crippen molar-refractivity contribution in [1.82, 2.24) is 5.32 Å². The molecule has 144 valence electrons. The molecule has 1 atom stereocenters. The van der Waals surface area contributed by atoms with Crippen LogP contribution in [-0.2, 0) is 17.6 Å². The van der Waals surface area contributed by atoms with Crippen LogP contribution in [0.4, 0.5) is 0 Å². The Morgan fingerprint density at radius 2 is 2.00 bits per heavy atom. The second-order valence-electron chi connectivity index (χ2n) is 6.96. The molecule has 2 aromatic carbocycles. The number of nitrogens with one attached hydrogen (secondary N) is 1. The third-order valence-corrected chi connectivity index (χ3v) is 5.41. The van der Waals surface area contributed by atoms with Crippen LogP contribution >= 0.6 is 11.6 Å². The quantitative estimate of drug-likeness (QED) is 0.655. The minimum absolute atomic E-state index is 0.143. The first-order chi connectivity index (χ1) is 13.5. The molecule has 5 nitrogen and oxygen atoms in total. The molecule has 1 heterocycles. The summed E-state index contributed by atoms with van der Waals surface area (Å²) in [6, 6.07) is 12.5. The molecule has 28 heavy (non-hydrogen) atoms. The number of fused-ring (bicyclic) bond motifs is 3. The first-order valence-corrected chi connectivity index (χ1v) is 9.66. The van der Waals surface area contributed by atoms with Gasteiger partial charge in [0.25, 0.3) is 5.91 Å². The van der Waals surface area contributed by atoms with Crippen molar-refractivity contribution < 1.29 is 13.9 Å². The van der Waals surface area contributed by atoms with E-state index >= 15 is 0 Å². The number of rotatable bonds is 5. The summed E-state index contributed by atoms with van der Waals surface area (Å²) >= 11 is 6.17. The Bertz CT molecular complexity index is 1110. The summed E-state index contributed by atoms with van der Waals surface area (Å²) < 4.78 is 11.0. The zero-order chi connectivity index (χ0) is 19.7. The van der Waals surface area contributed by atoms with Gasteiger partial charge in [-0.1, -0.05) is 29.8 Å². The van der Waals surface area contributed by atoms with E-state index in [9.17, 15) is 9.59 Å². The van der Waals surface area contributed by atoms with Gasteiger partial charge < -0.3 is 14.5 Å². The fourth-order valence-electron chi connectivity index (χ4n) is 3.69. The van der Waals surface area contributed by atoms with Crippen molar-refractivity contribution in [3.63, 3.8) is 0 Å². The second-order valence-corrected chi connectivity index (χ2v) is 7.36. The number of hydrogen-bond acceptors (Lipinski definition) is 4. The van der Waals surface area contributed by atoms with Crippen molar-refractivity contribution >= 4 is 28.5 Å². The molecule has 1 aliphatic rings. The Kier molecular flexibility index (Phi) is 5.09. The number of hydrogen-bond donors (Lipinski definition) is 1. The summed E-state index contributed by atoms with van der Waals surface area (Å²) in [5, 5.41) is 4.41. The van der Waals surface area contributed by atoms with Gasteiger partial charge in [0.15, 0.2) is 6.61 Å². The number of carbonyl (C=O) groups excluding carboxylic acids is 1. The number of halogens is 1. The Balaban J connectivity index is 1.44. The van der Waals surface area contributed by atoms with Crippen LogP contribution < -0.4 is 15.7 Å². The normalized spacial score (nSPS) is 13.9. The van der Waals surface area contributed by atoms with Crippen LogP contribution in [0.2, 0.25) is 5.02 Å². The lowest BCUT2D eigenvalue weighted by molar-refractivity contribution is -0.123. The maximum Gasteiger partial charge on any atom is 0.339 e. The molecule has 1 aliphatic carbocycles. The maximum atomic E-state index is 12.2. The van der Waals surface area contributed by atoms with E-state index in [1.165, 1.54) is 0 Å². The summed E-state index contributed by atoms with van der Waals surface area (Å²) in [5.74, 6) is 0.220. The first kappa shape index (κ1) is 18.6. The maximum absolute atomic E-state index is 12.2. The number of benzene rings is 2. The number of aryl methyl sites for hydroxylation is 1. The van der Waals surface area contributed by atoms with Crippen LogP contribution in [0.3, 0.4) is 0 Å². The minimum atomic E-state index is -0.275. The zero-order valence-electron chi connectivity index (χ0n) is 15.5. The van der Waals surface area contributed by atoms with Crippen LogP contribution in [0.25, 0.3) is 11.0 Å². The Morgan fingerprint density at radius 3 is 2.82 bits per heavy atom. The monoisotopic (exact) mass is 397 g/mol. The van der Waals surface area contributed by atoms with Gasteiger partial charge in [0, 0.05) is 22.0 Å². The second kappa shape index (κ2) is 7.68. The molecule has 0 bridgehead atoms. The molecular formula is C22H20ClNO4. The highest BCUT2D eigenvalue weighted by Gasteiger charge is 2.20. The van der Waals surface area contributed by atoms with E-state index in [4.69, 9.17) is 20.8 Å². The third kappa shape index (κ3) is 3.62. The van der Waals surface area contributed by atoms with Crippen molar-refractivity contribution in [2.45, 2.75) is 32.2 Å². The van der Waals surface area contributed by atoms with Gasteiger partial charge in [-0.05, 0) is 55.5 Å². The van der Waals surface area contributed by atoms with Crippen LogP contribution in [0.5, 0.6) is 5.75 Å². The molecule has 1 aromatic heterocycles. The van der Waals surface area contributed by atoms with Crippen LogP contribution in [0, 0.1) is 0 Å². The van der Waals surface area contributed by atoms with Gasteiger partial charge in [-0.25, -0.2) is 4.79 Å². The van der Waals surface area contributed by atoms with Gasteiger partial charge in [-0.15, -0.1) is 0 Å². The molecule has 1 N–H and O–H groups in total. The van der Waals surface area contributed by atoms with E-state index in [1.54, 1.807) is 18.2 Å². The SMILES string of the molecule is CC(NC(=O)COc1ccc2c3c(c(=O)oc2c1)CCC3)c1ccccc1Cl. The Labute approximate surface area is 167 Å². The Hall–Kier alpha value is -2.79. The van der Waals surface area contributed by atoms with Gasteiger partial charge >= 0.3 is 5.63 Å². The molecule has 0 saturated heterocycles. The molecular weight excluding hydrogens is 378 g/mol. The van der Waals surface area contributed by atoms with Crippen molar-refractivity contribution in [3.8, 4) is 5.75 Å². The number of ether oxygens (including phenoxy) is 1. The van der Waals surface area contributed by atoms with Gasteiger partial charge in [0.2, 0.25) is 0 Å². The Morgan fingerprint density at radius 1 is 1.21 bits per heavy atom.